The quantitative estimate of drug-likeness (QED) is 0.905. The molecule has 0 aromatic heterocycles. The second kappa shape index (κ2) is 5.63. The third-order valence-electron chi connectivity index (χ3n) is 3.83. The molecule has 0 bridgehead atoms. The van der Waals surface area contributed by atoms with Crippen molar-refractivity contribution >= 4 is 5.69 Å². The van der Waals surface area contributed by atoms with E-state index in [2.05, 4.69) is 61.3 Å². The molecule has 1 aliphatic rings. The van der Waals surface area contributed by atoms with Crippen molar-refractivity contribution in [2.24, 2.45) is 0 Å². The van der Waals surface area contributed by atoms with Gasteiger partial charge >= 0.3 is 0 Å². The fourth-order valence-electron chi connectivity index (χ4n) is 2.77. The van der Waals surface area contributed by atoms with Gasteiger partial charge in [-0.05, 0) is 31.9 Å². The van der Waals surface area contributed by atoms with Crippen LogP contribution in [0.5, 0.6) is 0 Å². The summed E-state index contributed by atoms with van der Waals surface area (Å²) in [5, 5.41) is 12.6. The van der Waals surface area contributed by atoms with Gasteiger partial charge < -0.3 is 10.2 Å². The molecule has 2 rings (SSSR count). The Morgan fingerprint density at radius 2 is 2.16 bits per heavy atom. The van der Waals surface area contributed by atoms with Crippen LogP contribution in [-0.4, -0.2) is 24.7 Å². The Kier molecular flexibility index (Phi) is 4.11. The molecule has 1 aromatic carbocycles. The van der Waals surface area contributed by atoms with Gasteiger partial charge in [0, 0.05) is 24.3 Å². The predicted molar refractivity (Wildman–Crippen MR) is 79.3 cm³/mol. The lowest BCUT2D eigenvalue weighted by molar-refractivity contribution is 0.311. The molecular weight excluding hydrogens is 234 g/mol. The maximum Gasteiger partial charge on any atom is 0.0643 e. The Balaban J connectivity index is 2.34. The molecule has 3 heteroatoms. The van der Waals surface area contributed by atoms with Crippen LogP contribution in [0.1, 0.15) is 32.8 Å². The van der Waals surface area contributed by atoms with E-state index in [0.29, 0.717) is 6.42 Å². The minimum atomic E-state index is 0.0901. The standard InChI is InChI=1S/C16H23N3/c1-4-13-7-5-6-8-15(13)19-12-16(2,3)18-11-14(19)9-10-17/h5-8,14,18H,4,9,11-12H2,1-3H3. The first-order valence-corrected chi connectivity index (χ1v) is 7.04. The van der Waals surface area contributed by atoms with Gasteiger partial charge in [0.1, 0.15) is 0 Å². The minimum Gasteiger partial charge on any atom is -0.364 e. The van der Waals surface area contributed by atoms with Gasteiger partial charge in [0.25, 0.3) is 0 Å². The molecule has 1 heterocycles. The van der Waals surface area contributed by atoms with Gasteiger partial charge in [-0.25, -0.2) is 0 Å². The van der Waals surface area contributed by atoms with Crippen LogP contribution in [-0.2, 0) is 6.42 Å². The van der Waals surface area contributed by atoms with E-state index < -0.39 is 0 Å². The maximum absolute atomic E-state index is 9.04. The van der Waals surface area contributed by atoms with Crippen LogP contribution >= 0.6 is 0 Å². The van der Waals surface area contributed by atoms with Crippen molar-refractivity contribution in [3.05, 3.63) is 29.8 Å². The number of anilines is 1. The van der Waals surface area contributed by atoms with E-state index in [1.165, 1.54) is 11.3 Å². The smallest absolute Gasteiger partial charge is 0.0643 e. The van der Waals surface area contributed by atoms with Crippen LogP contribution < -0.4 is 10.2 Å². The highest BCUT2D eigenvalue weighted by atomic mass is 15.3. The molecule has 1 unspecified atom stereocenters. The molecule has 102 valence electrons. The molecule has 1 saturated heterocycles. The van der Waals surface area contributed by atoms with Crippen molar-refractivity contribution in [2.75, 3.05) is 18.0 Å². The molecule has 19 heavy (non-hydrogen) atoms. The molecular formula is C16H23N3. The lowest BCUT2D eigenvalue weighted by Crippen LogP contribution is -2.61. The fourth-order valence-corrected chi connectivity index (χ4v) is 2.77. The Labute approximate surface area is 116 Å². The third kappa shape index (κ3) is 3.08. The summed E-state index contributed by atoms with van der Waals surface area (Å²) >= 11 is 0. The zero-order valence-corrected chi connectivity index (χ0v) is 12.1. The van der Waals surface area contributed by atoms with Gasteiger partial charge in [0.2, 0.25) is 0 Å². The van der Waals surface area contributed by atoms with Crippen LogP contribution in [0.15, 0.2) is 24.3 Å². The first-order chi connectivity index (χ1) is 9.07. The summed E-state index contributed by atoms with van der Waals surface area (Å²) in [7, 11) is 0. The SMILES string of the molecule is CCc1ccccc1N1CC(C)(C)NCC1CC#N. The number of nitriles is 1. The predicted octanol–water partition coefficient (Wildman–Crippen LogP) is 2.72. The molecule has 1 fully saturated rings. The monoisotopic (exact) mass is 257 g/mol. The van der Waals surface area contributed by atoms with Gasteiger partial charge in [-0.1, -0.05) is 25.1 Å². The number of para-hydroxylation sites is 1. The molecule has 0 amide bonds. The van der Waals surface area contributed by atoms with Crippen molar-refractivity contribution < 1.29 is 0 Å². The van der Waals surface area contributed by atoms with Crippen LogP contribution in [0.25, 0.3) is 0 Å². The Bertz CT molecular complexity index is 473. The first kappa shape index (κ1) is 13.9. The number of piperazine rings is 1. The van der Waals surface area contributed by atoms with E-state index in [9.17, 15) is 0 Å². The van der Waals surface area contributed by atoms with E-state index in [4.69, 9.17) is 5.26 Å². The van der Waals surface area contributed by atoms with Crippen LogP contribution in [0.4, 0.5) is 5.69 Å². The van der Waals surface area contributed by atoms with Gasteiger partial charge in [-0.2, -0.15) is 5.26 Å². The highest BCUT2D eigenvalue weighted by Crippen LogP contribution is 2.28. The average Bonchev–Trinajstić information content (AvgIpc) is 2.40. The van der Waals surface area contributed by atoms with Crippen molar-refractivity contribution in [2.45, 2.75) is 45.2 Å². The number of hydrogen-bond acceptors (Lipinski definition) is 3. The normalized spacial score (nSPS) is 22.0. The van der Waals surface area contributed by atoms with Gasteiger partial charge in [-0.15, -0.1) is 0 Å². The molecule has 0 saturated carbocycles. The molecule has 3 nitrogen and oxygen atoms in total. The highest BCUT2D eigenvalue weighted by molar-refractivity contribution is 5.55. The van der Waals surface area contributed by atoms with E-state index >= 15 is 0 Å². The Morgan fingerprint density at radius 3 is 2.84 bits per heavy atom. The number of rotatable bonds is 3. The molecule has 1 N–H and O–H groups in total. The zero-order valence-electron chi connectivity index (χ0n) is 12.1. The summed E-state index contributed by atoms with van der Waals surface area (Å²) in [6.07, 6.45) is 1.60. The van der Waals surface area contributed by atoms with E-state index in [-0.39, 0.29) is 11.6 Å². The fraction of sp³-hybridized carbons (Fsp3) is 0.562. The second-order valence-corrected chi connectivity index (χ2v) is 5.89. The summed E-state index contributed by atoms with van der Waals surface area (Å²) in [4.78, 5) is 2.42. The molecule has 0 aliphatic carbocycles. The number of aryl methyl sites for hydroxylation is 1. The molecule has 1 aliphatic heterocycles. The maximum atomic E-state index is 9.04. The van der Waals surface area contributed by atoms with Gasteiger partial charge in [0.05, 0.1) is 18.5 Å². The minimum absolute atomic E-state index is 0.0901. The highest BCUT2D eigenvalue weighted by Gasteiger charge is 2.33. The second-order valence-electron chi connectivity index (χ2n) is 5.89. The van der Waals surface area contributed by atoms with E-state index in [1.54, 1.807) is 0 Å². The largest absolute Gasteiger partial charge is 0.364 e. The summed E-state index contributed by atoms with van der Waals surface area (Å²) < 4.78 is 0. The van der Waals surface area contributed by atoms with Crippen LogP contribution in [0.2, 0.25) is 0 Å². The van der Waals surface area contributed by atoms with Crippen molar-refractivity contribution in [3.63, 3.8) is 0 Å². The first-order valence-electron chi connectivity index (χ1n) is 7.04. The van der Waals surface area contributed by atoms with Crippen molar-refractivity contribution in [3.8, 4) is 6.07 Å². The van der Waals surface area contributed by atoms with E-state index in [1.807, 2.05) is 0 Å². The van der Waals surface area contributed by atoms with Crippen LogP contribution in [0.3, 0.4) is 0 Å². The summed E-state index contributed by atoms with van der Waals surface area (Å²) in [6, 6.07) is 11.1. The zero-order chi connectivity index (χ0) is 13.9. The third-order valence-corrected chi connectivity index (χ3v) is 3.83. The van der Waals surface area contributed by atoms with E-state index in [0.717, 1.165) is 19.5 Å². The summed E-state index contributed by atoms with van der Waals surface area (Å²) in [6.45, 7) is 8.44. The Hall–Kier alpha value is -1.53. The average molecular weight is 257 g/mol. The lowest BCUT2D eigenvalue weighted by atomic mass is 9.95. The molecule has 1 aromatic rings. The number of nitrogens with one attached hydrogen (secondary N) is 1. The number of hydrogen-bond donors (Lipinski definition) is 1. The lowest BCUT2D eigenvalue weighted by Gasteiger charge is -2.46. The number of nitrogens with zero attached hydrogens (tertiary/aromatic N) is 2. The summed E-state index contributed by atoms with van der Waals surface area (Å²) in [5.74, 6) is 0. The molecule has 0 radical (unpaired) electrons. The van der Waals surface area contributed by atoms with Crippen molar-refractivity contribution in [1.29, 1.82) is 5.26 Å². The van der Waals surface area contributed by atoms with Gasteiger partial charge in [-0.3, -0.25) is 0 Å². The summed E-state index contributed by atoms with van der Waals surface area (Å²) in [5.41, 5.74) is 2.75. The topological polar surface area (TPSA) is 39.1 Å². The van der Waals surface area contributed by atoms with Gasteiger partial charge in [0.15, 0.2) is 0 Å². The molecule has 0 spiro atoms. The number of benzene rings is 1. The molecule has 1 atom stereocenters. The van der Waals surface area contributed by atoms with Crippen molar-refractivity contribution in [1.82, 2.24) is 5.32 Å². The Morgan fingerprint density at radius 1 is 1.42 bits per heavy atom. The van der Waals surface area contributed by atoms with Crippen LogP contribution in [0, 0.1) is 11.3 Å².